The van der Waals surface area contributed by atoms with Crippen LogP contribution in [-0.2, 0) is 0 Å². The number of likely N-dealkylation sites (tertiary alicyclic amines) is 1. The Morgan fingerprint density at radius 1 is 1.48 bits per heavy atom. The van der Waals surface area contributed by atoms with Gasteiger partial charge < -0.3 is 10.6 Å². The fraction of sp³-hybridized carbons (Fsp3) is 0.500. The molecule has 0 radical (unpaired) electrons. The highest BCUT2D eigenvalue weighted by atomic mass is 35.5. The van der Waals surface area contributed by atoms with Crippen LogP contribution < -0.4 is 5.73 Å². The molecule has 2 atom stereocenters. The SMILES string of the molecule is Cc1c(C(=O)N2CCC(N)C(C)C2)cccc1[N+](=O)[O-].Cl. The third-order valence-electron chi connectivity index (χ3n) is 3.99. The molecule has 2 rings (SSSR count). The highest BCUT2D eigenvalue weighted by Crippen LogP contribution is 2.24. The molecule has 1 aliphatic rings. The van der Waals surface area contributed by atoms with Crippen LogP contribution in [-0.4, -0.2) is 34.9 Å². The van der Waals surface area contributed by atoms with Crippen molar-refractivity contribution in [2.45, 2.75) is 26.3 Å². The Hall–Kier alpha value is -1.66. The predicted octanol–water partition coefficient (Wildman–Crippen LogP) is 2.13. The van der Waals surface area contributed by atoms with E-state index in [9.17, 15) is 14.9 Å². The number of nitrogens with zero attached hydrogens (tertiary/aromatic N) is 2. The Kier molecular flexibility index (Phi) is 5.69. The minimum Gasteiger partial charge on any atom is -0.338 e. The maximum atomic E-state index is 12.5. The normalized spacial score (nSPS) is 21.6. The second kappa shape index (κ2) is 6.87. The zero-order valence-electron chi connectivity index (χ0n) is 12.1. The number of carbonyl (C=O) groups is 1. The van der Waals surface area contributed by atoms with E-state index >= 15 is 0 Å². The number of rotatable bonds is 2. The zero-order valence-corrected chi connectivity index (χ0v) is 12.9. The lowest BCUT2D eigenvalue weighted by Crippen LogP contribution is -2.48. The average Bonchev–Trinajstić information content (AvgIpc) is 2.41. The highest BCUT2D eigenvalue weighted by Gasteiger charge is 2.28. The molecular formula is C14H20ClN3O3. The monoisotopic (exact) mass is 313 g/mol. The minimum absolute atomic E-state index is 0. The Morgan fingerprint density at radius 3 is 2.71 bits per heavy atom. The van der Waals surface area contributed by atoms with Crippen molar-refractivity contribution in [3.05, 3.63) is 39.4 Å². The summed E-state index contributed by atoms with van der Waals surface area (Å²) in [6, 6.07) is 4.73. The first-order valence-corrected chi connectivity index (χ1v) is 6.70. The van der Waals surface area contributed by atoms with Gasteiger partial charge in [0.2, 0.25) is 0 Å². The molecule has 0 aromatic heterocycles. The second-order valence-corrected chi connectivity index (χ2v) is 5.39. The first kappa shape index (κ1) is 17.4. The number of nitro benzene ring substituents is 1. The molecule has 7 heteroatoms. The number of piperidine rings is 1. The van der Waals surface area contributed by atoms with Crippen molar-refractivity contribution in [2.24, 2.45) is 11.7 Å². The number of hydrogen-bond acceptors (Lipinski definition) is 4. The molecule has 0 bridgehead atoms. The lowest BCUT2D eigenvalue weighted by molar-refractivity contribution is -0.385. The molecule has 0 aliphatic carbocycles. The van der Waals surface area contributed by atoms with Gasteiger partial charge in [-0.2, -0.15) is 0 Å². The number of halogens is 1. The summed E-state index contributed by atoms with van der Waals surface area (Å²) >= 11 is 0. The maximum Gasteiger partial charge on any atom is 0.273 e. The summed E-state index contributed by atoms with van der Waals surface area (Å²) in [5, 5.41) is 10.9. The molecule has 116 valence electrons. The van der Waals surface area contributed by atoms with Gasteiger partial charge in [-0.3, -0.25) is 14.9 Å². The molecule has 0 spiro atoms. The fourth-order valence-electron chi connectivity index (χ4n) is 2.57. The summed E-state index contributed by atoms with van der Waals surface area (Å²) in [5.74, 6) is 0.0941. The summed E-state index contributed by atoms with van der Waals surface area (Å²) in [7, 11) is 0. The van der Waals surface area contributed by atoms with Crippen LogP contribution in [0.2, 0.25) is 0 Å². The van der Waals surface area contributed by atoms with Gasteiger partial charge in [-0.1, -0.05) is 13.0 Å². The van der Waals surface area contributed by atoms with Crippen LogP contribution in [0.25, 0.3) is 0 Å². The molecule has 1 aromatic rings. The Bertz CT molecular complexity index is 550. The molecule has 6 nitrogen and oxygen atoms in total. The fourth-order valence-corrected chi connectivity index (χ4v) is 2.57. The average molecular weight is 314 g/mol. The third kappa shape index (κ3) is 3.51. The van der Waals surface area contributed by atoms with E-state index in [4.69, 9.17) is 5.73 Å². The van der Waals surface area contributed by atoms with E-state index < -0.39 is 4.92 Å². The molecule has 2 N–H and O–H groups in total. The highest BCUT2D eigenvalue weighted by molar-refractivity contribution is 5.96. The lowest BCUT2D eigenvalue weighted by Gasteiger charge is -2.35. The number of amides is 1. The molecule has 1 aliphatic heterocycles. The topological polar surface area (TPSA) is 89.5 Å². The second-order valence-electron chi connectivity index (χ2n) is 5.39. The van der Waals surface area contributed by atoms with E-state index in [2.05, 4.69) is 0 Å². The number of carbonyl (C=O) groups excluding carboxylic acids is 1. The van der Waals surface area contributed by atoms with Crippen molar-refractivity contribution in [1.29, 1.82) is 0 Å². The van der Waals surface area contributed by atoms with E-state index in [1.54, 1.807) is 24.0 Å². The van der Waals surface area contributed by atoms with E-state index in [1.165, 1.54) is 6.07 Å². The summed E-state index contributed by atoms with van der Waals surface area (Å²) in [6.07, 6.45) is 0.765. The van der Waals surface area contributed by atoms with E-state index in [-0.39, 0.29) is 36.0 Å². The Morgan fingerprint density at radius 2 is 2.14 bits per heavy atom. The summed E-state index contributed by atoms with van der Waals surface area (Å²) < 4.78 is 0. The van der Waals surface area contributed by atoms with Crippen molar-refractivity contribution < 1.29 is 9.72 Å². The Balaban J connectivity index is 0.00000220. The van der Waals surface area contributed by atoms with E-state index in [1.807, 2.05) is 6.92 Å². The van der Waals surface area contributed by atoms with Crippen molar-refractivity contribution >= 4 is 24.0 Å². The molecule has 0 saturated carbocycles. The van der Waals surface area contributed by atoms with Crippen LogP contribution in [0.1, 0.15) is 29.3 Å². The molecule has 1 saturated heterocycles. The molecule has 1 aromatic carbocycles. The molecular weight excluding hydrogens is 294 g/mol. The van der Waals surface area contributed by atoms with E-state index in [0.29, 0.717) is 24.2 Å². The van der Waals surface area contributed by atoms with Gasteiger partial charge in [0.15, 0.2) is 0 Å². The van der Waals surface area contributed by atoms with Crippen LogP contribution in [0.4, 0.5) is 5.69 Å². The first-order chi connectivity index (χ1) is 9.41. The summed E-state index contributed by atoms with van der Waals surface area (Å²) in [5.41, 5.74) is 6.76. The quantitative estimate of drug-likeness (QED) is 0.669. The number of nitrogens with two attached hydrogens (primary N) is 1. The van der Waals surface area contributed by atoms with Gasteiger partial charge in [-0.25, -0.2) is 0 Å². The largest absolute Gasteiger partial charge is 0.338 e. The summed E-state index contributed by atoms with van der Waals surface area (Å²) in [6.45, 7) is 4.84. The summed E-state index contributed by atoms with van der Waals surface area (Å²) in [4.78, 5) is 24.7. The van der Waals surface area contributed by atoms with Gasteiger partial charge in [0.05, 0.1) is 4.92 Å². The standard InChI is InChI=1S/C14H19N3O3.ClH/c1-9-8-16(7-6-12(9)15)14(18)11-4-3-5-13(10(11)2)17(19)20;/h3-5,9,12H,6-8,15H2,1-2H3;1H. The van der Waals surface area contributed by atoms with Gasteiger partial charge in [0.1, 0.15) is 0 Å². The van der Waals surface area contributed by atoms with Crippen LogP contribution in [0, 0.1) is 23.0 Å². The molecule has 1 fully saturated rings. The predicted molar refractivity (Wildman–Crippen MR) is 82.7 cm³/mol. The van der Waals surface area contributed by atoms with Crippen molar-refractivity contribution in [2.75, 3.05) is 13.1 Å². The number of nitro groups is 1. The van der Waals surface area contributed by atoms with Gasteiger partial charge in [0, 0.05) is 36.3 Å². The first-order valence-electron chi connectivity index (χ1n) is 6.70. The van der Waals surface area contributed by atoms with Crippen LogP contribution in [0.5, 0.6) is 0 Å². The Labute approximate surface area is 129 Å². The van der Waals surface area contributed by atoms with Gasteiger partial charge in [-0.05, 0) is 25.3 Å². The third-order valence-corrected chi connectivity index (χ3v) is 3.99. The number of hydrogen-bond donors (Lipinski definition) is 1. The maximum absolute atomic E-state index is 12.5. The van der Waals surface area contributed by atoms with Gasteiger partial charge in [0.25, 0.3) is 11.6 Å². The van der Waals surface area contributed by atoms with Crippen LogP contribution in [0.15, 0.2) is 18.2 Å². The van der Waals surface area contributed by atoms with E-state index in [0.717, 1.165) is 6.42 Å². The van der Waals surface area contributed by atoms with Crippen molar-refractivity contribution in [1.82, 2.24) is 4.90 Å². The minimum atomic E-state index is -0.457. The van der Waals surface area contributed by atoms with Crippen LogP contribution in [0.3, 0.4) is 0 Å². The van der Waals surface area contributed by atoms with Crippen molar-refractivity contribution in [3.8, 4) is 0 Å². The van der Waals surface area contributed by atoms with Crippen molar-refractivity contribution in [3.63, 3.8) is 0 Å². The van der Waals surface area contributed by atoms with Gasteiger partial charge in [-0.15, -0.1) is 12.4 Å². The lowest BCUT2D eigenvalue weighted by atomic mass is 9.94. The smallest absolute Gasteiger partial charge is 0.273 e. The van der Waals surface area contributed by atoms with Crippen LogP contribution >= 0.6 is 12.4 Å². The molecule has 1 amide bonds. The zero-order chi connectivity index (χ0) is 14.9. The molecule has 1 heterocycles. The molecule has 21 heavy (non-hydrogen) atoms. The number of benzene rings is 1. The van der Waals surface area contributed by atoms with Gasteiger partial charge >= 0.3 is 0 Å². The molecule has 2 unspecified atom stereocenters.